The highest BCUT2D eigenvalue weighted by Gasteiger charge is 2.17. The van der Waals surface area contributed by atoms with Gasteiger partial charge in [0.15, 0.2) is 0 Å². The SMILES string of the molecule is C[C@@H]1CCCCN1CCCNC(=O)Nc1ccc(C#N)cc1. The maximum Gasteiger partial charge on any atom is 0.319 e. The van der Waals surface area contributed by atoms with Gasteiger partial charge in [0.1, 0.15) is 0 Å². The van der Waals surface area contributed by atoms with E-state index in [1.165, 1.54) is 25.8 Å². The van der Waals surface area contributed by atoms with Crippen LogP contribution < -0.4 is 10.6 Å². The van der Waals surface area contributed by atoms with E-state index in [1.54, 1.807) is 24.3 Å². The average molecular weight is 300 g/mol. The highest BCUT2D eigenvalue weighted by molar-refractivity contribution is 5.89. The third-order valence-corrected chi connectivity index (χ3v) is 4.12. The van der Waals surface area contributed by atoms with Crippen molar-refractivity contribution in [3.63, 3.8) is 0 Å². The van der Waals surface area contributed by atoms with E-state index in [2.05, 4.69) is 28.5 Å². The molecule has 1 atom stereocenters. The zero-order chi connectivity index (χ0) is 15.8. The molecule has 1 heterocycles. The minimum Gasteiger partial charge on any atom is -0.338 e. The van der Waals surface area contributed by atoms with Crippen molar-refractivity contribution in [1.29, 1.82) is 5.26 Å². The molecule has 0 bridgehead atoms. The molecule has 0 saturated carbocycles. The number of benzene rings is 1. The van der Waals surface area contributed by atoms with Gasteiger partial charge in [0.05, 0.1) is 11.6 Å². The van der Waals surface area contributed by atoms with Crippen molar-refractivity contribution >= 4 is 11.7 Å². The summed E-state index contributed by atoms with van der Waals surface area (Å²) in [6, 6.07) is 9.36. The standard InChI is InChI=1S/C17H24N4O/c1-14-5-2-3-11-21(14)12-4-10-19-17(22)20-16-8-6-15(13-18)7-9-16/h6-9,14H,2-5,10-12H2,1H3,(H2,19,20,22)/t14-/m1/s1. The van der Waals surface area contributed by atoms with E-state index in [-0.39, 0.29) is 6.03 Å². The maximum atomic E-state index is 11.8. The molecular weight excluding hydrogens is 276 g/mol. The van der Waals surface area contributed by atoms with Crippen molar-refractivity contribution in [2.45, 2.75) is 38.6 Å². The van der Waals surface area contributed by atoms with Gasteiger partial charge in [0, 0.05) is 24.8 Å². The largest absolute Gasteiger partial charge is 0.338 e. The molecule has 22 heavy (non-hydrogen) atoms. The van der Waals surface area contributed by atoms with Crippen LogP contribution in [0.4, 0.5) is 10.5 Å². The van der Waals surface area contributed by atoms with Gasteiger partial charge in [0.2, 0.25) is 0 Å². The Hall–Kier alpha value is -2.06. The Morgan fingerprint density at radius 2 is 2.14 bits per heavy atom. The van der Waals surface area contributed by atoms with E-state index in [0.29, 0.717) is 23.8 Å². The summed E-state index contributed by atoms with van der Waals surface area (Å²) in [5.74, 6) is 0. The summed E-state index contributed by atoms with van der Waals surface area (Å²) in [6.45, 7) is 5.17. The second-order valence-corrected chi connectivity index (χ2v) is 5.80. The Labute approximate surface area is 132 Å². The summed E-state index contributed by atoms with van der Waals surface area (Å²) in [5.41, 5.74) is 1.28. The van der Waals surface area contributed by atoms with E-state index in [0.717, 1.165) is 13.0 Å². The number of carbonyl (C=O) groups is 1. The molecule has 1 aromatic carbocycles. The molecule has 1 aliphatic rings. The lowest BCUT2D eigenvalue weighted by Gasteiger charge is -2.33. The molecule has 1 fully saturated rings. The molecule has 1 aromatic rings. The Morgan fingerprint density at radius 1 is 1.36 bits per heavy atom. The lowest BCUT2D eigenvalue weighted by atomic mass is 10.0. The molecule has 5 heteroatoms. The van der Waals surface area contributed by atoms with Gasteiger partial charge in [-0.1, -0.05) is 6.42 Å². The summed E-state index contributed by atoms with van der Waals surface area (Å²) in [7, 11) is 0. The van der Waals surface area contributed by atoms with Crippen LogP contribution in [0.5, 0.6) is 0 Å². The van der Waals surface area contributed by atoms with Crippen molar-refractivity contribution in [2.24, 2.45) is 0 Å². The first-order valence-electron chi connectivity index (χ1n) is 7.98. The van der Waals surface area contributed by atoms with Crippen LogP contribution in [0, 0.1) is 11.3 Å². The first kappa shape index (κ1) is 16.3. The Balaban J connectivity index is 1.64. The molecule has 1 saturated heterocycles. The molecule has 5 nitrogen and oxygen atoms in total. The maximum absolute atomic E-state index is 11.8. The fourth-order valence-corrected chi connectivity index (χ4v) is 2.78. The topological polar surface area (TPSA) is 68.2 Å². The summed E-state index contributed by atoms with van der Waals surface area (Å²) < 4.78 is 0. The predicted octanol–water partition coefficient (Wildman–Crippen LogP) is 2.94. The normalized spacial score (nSPS) is 18.5. The first-order chi connectivity index (χ1) is 10.7. The molecule has 1 aliphatic heterocycles. The van der Waals surface area contributed by atoms with Crippen molar-refractivity contribution in [1.82, 2.24) is 10.2 Å². The van der Waals surface area contributed by atoms with Gasteiger partial charge in [-0.05, 0) is 57.0 Å². The molecule has 0 spiro atoms. The molecular formula is C17H24N4O. The Morgan fingerprint density at radius 3 is 2.82 bits per heavy atom. The number of hydrogen-bond donors (Lipinski definition) is 2. The third kappa shape index (κ3) is 5.05. The highest BCUT2D eigenvalue weighted by atomic mass is 16.2. The summed E-state index contributed by atoms with van der Waals surface area (Å²) in [6.07, 6.45) is 4.87. The van der Waals surface area contributed by atoms with E-state index in [9.17, 15) is 4.79 Å². The molecule has 0 aromatic heterocycles. The van der Waals surface area contributed by atoms with E-state index < -0.39 is 0 Å². The molecule has 0 unspecified atom stereocenters. The number of likely N-dealkylation sites (tertiary alicyclic amines) is 1. The summed E-state index contributed by atoms with van der Waals surface area (Å²) in [5, 5.41) is 14.4. The minimum atomic E-state index is -0.198. The predicted molar refractivity (Wildman–Crippen MR) is 87.7 cm³/mol. The number of piperidine rings is 1. The van der Waals surface area contributed by atoms with Crippen LogP contribution in [0.3, 0.4) is 0 Å². The molecule has 2 N–H and O–H groups in total. The van der Waals surface area contributed by atoms with Crippen molar-refractivity contribution in [2.75, 3.05) is 25.0 Å². The lowest BCUT2D eigenvalue weighted by molar-refractivity contribution is 0.159. The number of hydrogen-bond acceptors (Lipinski definition) is 3. The smallest absolute Gasteiger partial charge is 0.319 e. The number of nitrogens with zero attached hydrogens (tertiary/aromatic N) is 2. The number of nitriles is 1. The number of carbonyl (C=O) groups excluding carboxylic acids is 1. The average Bonchev–Trinajstić information content (AvgIpc) is 2.54. The van der Waals surface area contributed by atoms with Gasteiger partial charge in [-0.15, -0.1) is 0 Å². The van der Waals surface area contributed by atoms with Gasteiger partial charge >= 0.3 is 6.03 Å². The van der Waals surface area contributed by atoms with Crippen LogP contribution in [-0.4, -0.2) is 36.6 Å². The monoisotopic (exact) mass is 300 g/mol. The van der Waals surface area contributed by atoms with Gasteiger partial charge in [-0.25, -0.2) is 4.79 Å². The Kier molecular flexibility index (Phi) is 6.23. The second kappa shape index (κ2) is 8.40. The van der Waals surface area contributed by atoms with E-state index in [4.69, 9.17) is 5.26 Å². The van der Waals surface area contributed by atoms with Gasteiger partial charge in [-0.2, -0.15) is 5.26 Å². The van der Waals surface area contributed by atoms with E-state index >= 15 is 0 Å². The van der Waals surface area contributed by atoms with Crippen molar-refractivity contribution in [3.8, 4) is 6.07 Å². The van der Waals surface area contributed by atoms with Crippen LogP contribution in [-0.2, 0) is 0 Å². The number of amides is 2. The molecule has 2 rings (SSSR count). The fourth-order valence-electron chi connectivity index (χ4n) is 2.78. The number of urea groups is 1. The van der Waals surface area contributed by atoms with Crippen LogP contribution in [0.15, 0.2) is 24.3 Å². The zero-order valence-electron chi connectivity index (χ0n) is 13.1. The van der Waals surface area contributed by atoms with Crippen molar-refractivity contribution < 1.29 is 4.79 Å². The molecule has 2 amide bonds. The summed E-state index contributed by atoms with van der Waals surface area (Å²) >= 11 is 0. The zero-order valence-corrected chi connectivity index (χ0v) is 13.1. The third-order valence-electron chi connectivity index (χ3n) is 4.12. The van der Waals surface area contributed by atoms with Crippen LogP contribution in [0.1, 0.15) is 38.2 Å². The molecule has 0 radical (unpaired) electrons. The number of anilines is 1. The second-order valence-electron chi connectivity index (χ2n) is 5.80. The summed E-state index contributed by atoms with van der Waals surface area (Å²) in [4.78, 5) is 14.3. The Bertz CT molecular complexity index is 520. The molecule has 0 aliphatic carbocycles. The van der Waals surface area contributed by atoms with Crippen molar-refractivity contribution in [3.05, 3.63) is 29.8 Å². The molecule has 118 valence electrons. The fraction of sp³-hybridized carbons (Fsp3) is 0.529. The minimum absolute atomic E-state index is 0.198. The number of nitrogens with one attached hydrogen (secondary N) is 2. The lowest BCUT2D eigenvalue weighted by Crippen LogP contribution is -2.39. The first-order valence-corrected chi connectivity index (χ1v) is 7.98. The van der Waals surface area contributed by atoms with Crippen LogP contribution in [0.2, 0.25) is 0 Å². The quantitative estimate of drug-likeness (QED) is 0.822. The van der Waals surface area contributed by atoms with E-state index in [1.807, 2.05) is 0 Å². The van der Waals surface area contributed by atoms with Gasteiger partial charge < -0.3 is 15.5 Å². The van der Waals surface area contributed by atoms with Gasteiger partial charge in [-0.3, -0.25) is 0 Å². The van der Waals surface area contributed by atoms with Gasteiger partial charge in [0.25, 0.3) is 0 Å². The van der Waals surface area contributed by atoms with Crippen LogP contribution >= 0.6 is 0 Å². The van der Waals surface area contributed by atoms with Crippen LogP contribution in [0.25, 0.3) is 0 Å². The highest BCUT2D eigenvalue weighted by Crippen LogP contribution is 2.16. The number of rotatable bonds is 5.